The van der Waals surface area contributed by atoms with Crippen LogP contribution in [0.1, 0.15) is 68.6 Å². The Bertz CT molecular complexity index is 808. The van der Waals surface area contributed by atoms with Crippen molar-refractivity contribution in [3.8, 4) is 0 Å². The van der Waals surface area contributed by atoms with E-state index in [9.17, 15) is 4.79 Å². The molecule has 0 aromatic heterocycles. The van der Waals surface area contributed by atoms with Gasteiger partial charge < -0.3 is 0 Å². The molecule has 0 atom stereocenters. The van der Waals surface area contributed by atoms with Crippen LogP contribution in [-0.4, -0.2) is 5.78 Å². The zero-order valence-corrected chi connectivity index (χ0v) is 14.4. The normalized spacial score (nSPS) is 14.7. The fraction of sp³-hybridized carbons (Fsp3) is 0.381. The Labute approximate surface area is 133 Å². The molecule has 1 aliphatic rings. The SMILES string of the molecule is CC(C)(C)c1cc2c3c(c(C(C)(C)C)ccc3c1)C=CC2=O. The summed E-state index contributed by atoms with van der Waals surface area (Å²) in [5.41, 5.74) is 4.68. The molecule has 0 fully saturated rings. The molecule has 0 saturated carbocycles. The molecule has 0 unspecified atom stereocenters. The quantitative estimate of drug-likeness (QED) is 0.613. The minimum Gasteiger partial charge on any atom is -0.289 e. The number of hydrogen-bond donors (Lipinski definition) is 0. The molecule has 22 heavy (non-hydrogen) atoms. The van der Waals surface area contributed by atoms with Gasteiger partial charge in [-0.25, -0.2) is 0 Å². The molecule has 2 aromatic rings. The second kappa shape index (κ2) is 4.55. The first-order valence-corrected chi connectivity index (χ1v) is 7.93. The molecule has 1 nitrogen and oxygen atoms in total. The van der Waals surface area contributed by atoms with Gasteiger partial charge in [0.15, 0.2) is 5.78 Å². The second-order valence-corrected chi connectivity index (χ2v) is 8.35. The number of benzene rings is 2. The van der Waals surface area contributed by atoms with Gasteiger partial charge in [-0.05, 0) is 45.0 Å². The summed E-state index contributed by atoms with van der Waals surface area (Å²) in [6.07, 6.45) is 3.72. The molecule has 0 saturated heterocycles. The van der Waals surface area contributed by atoms with Gasteiger partial charge in [0.05, 0.1) is 0 Å². The first kappa shape index (κ1) is 15.0. The van der Waals surface area contributed by atoms with Crippen LogP contribution in [0.3, 0.4) is 0 Å². The van der Waals surface area contributed by atoms with E-state index >= 15 is 0 Å². The van der Waals surface area contributed by atoms with E-state index in [1.165, 1.54) is 22.1 Å². The Hall–Kier alpha value is -1.89. The lowest BCUT2D eigenvalue weighted by molar-refractivity contribution is 0.104. The van der Waals surface area contributed by atoms with Crippen molar-refractivity contribution < 1.29 is 4.79 Å². The Balaban J connectivity index is 2.43. The van der Waals surface area contributed by atoms with Crippen LogP contribution in [-0.2, 0) is 10.8 Å². The van der Waals surface area contributed by atoms with Crippen molar-refractivity contribution in [3.63, 3.8) is 0 Å². The molecule has 0 radical (unpaired) electrons. The van der Waals surface area contributed by atoms with E-state index in [-0.39, 0.29) is 16.6 Å². The van der Waals surface area contributed by atoms with Gasteiger partial charge in [0.1, 0.15) is 0 Å². The highest BCUT2D eigenvalue weighted by molar-refractivity contribution is 6.20. The third kappa shape index (κ3) is 2.29. The summed E-state index contributed by atoms with van der Waals surface area (Å²) in [5, 5.41) is 2.29. The van der Waals surface area contributed by atoms with Crippen molar-refractivity contribution in [3.05, 3.63) is 52.6 Å². The lowest BCUT2D eigenvalue weighted by Crippen LogP contribution is -2.17. The number of rotatable bonds is 0. The molecule has 0 spiro atoms. The van der Waals surface area contributed by atoms with Crippen LogP contribution in [0.4, 0.5) is 0 Å². The van der Waals surface area contributed by atoms with Gasteiger partial charge in [-0.1, -0.05) is 65.8 Å². The standard InChI is InChI=1S/C21H24O/c1-20(2,3)14-11-13-7-9-17(21(4,5)6)15-8-10-18(22)16(12-14)19(13)15/h7-12H,1-6H3. The highest BCUT2D eigenvalue weighted by atomic mass is 16.1. The summed E-state index contributed by atoms with van der Waals surface area (Å²) >= 11 is 0. The topological polar surface area (TPSA) is 17.1 Å². The van der Waals surface area contributed by atoms with Gasteiger partial charge in [-0.15, -0.1) is 0 Å². The van der Waals surface area contributed by atoms with Gasteiger partial charge >= 0.3 is 0 Å². The van der Waals surface area contributed by atoms with E-state index in [0.717, 1.165) is 10.9 Å². The van der Waals surface area contributed by atoms with E-state index < -0.39 is 0 Å². The molecule has 0 aliphatic heterocycles. The highest BCUT2D eigenvalue weighted by Gasteiger charge is 2.25. The average molecular weight is 292 g/mol. The minimum atomic E-state index is 0.0367. The van der Waals surface area contributed by atoms with Gasteiger partial charge in [0.2, 0.25) is 0 Å². The fourth-order valence-corrected chi connectivity index (χ4v) is 3.20. The van der Waals surface area contributed by atoms with Crippen molar-refractivity contribution in [2.75, 3.05) is 0 Å². The van der Waals surface area contributed by atoms with Crippen LogP contribution in [0.25, 0.3) is 16.8 Å². The van der Waals surface area contributed by atoms with Crippen LogP contribution in [0, 0.1) is 0 Å². The molecular weight excluding hydrogens is 268 g/mol. The molecule has 114 valence electrons. The minimum absolute atomic E-state index is 0.0367. The van der Waals surface area contributed by atoms with Crippen LogP contribution >= 0.6 is 0 Å². The van der Waals surface area contributed by atoms with E-state index in [2.05, 4.69) is 65.8 Å². The molecule has 0 amide bonds. The number of carbonyl (C=O) groups excluding carboxylic acids is 1. The first-order valence-electron chi connectivity index (χ1n) is 7.93. The first-order chi connectivity index (χ1) is 10.1. The van der Waals surface area contributed by atoms with E-state index in [4.69, 9.17) is 0 Å². The largest absolute Gasteiger partial charge is 0.289 e. The average Bonchev–Trinajstić information content (AvgIpc) is 2.40. The predicted molar refractivity (Wildman–Crippen MR) is 94.7 cm³/mol. The predicted octanol–water partition coefficient (Wildman–Crippen LogP) is 5.64. The lowest BCUT2D eigenvalue weighted by atomic mass is 9.77. The van der Waals surface area contributed by atoms with Crippen LogP contribution in [0.2, 0.25) is 0 Å². The van der Waals surface area contributed by atoms with Gasteiger partial charge in [0.25, 0.3) is 0 Å². The maximum atomic E-state index is 12.4. The summed E-state index contributed by atoms with van der Waals surface area (Å²) in [4.78, 5) is 12.4. The molecular formula is C21H24O. The second-order valence-electron chi connectivity index (χ2n) is 8.35. The Morgan fingerprint density at radius 1 is 0.818 bits per heavy atom. The third-order valence-electron chi connectivity index (χ3n) is 4.50. The van der Waals surface area contributed by atoms with Crippen LogP contribution < -0.4 is 0 Å². The molecule has 0 N–H and O–H groups in total. The summed E-state index contributed by atoms with van der Waals surface area (Å²) in [6.45, 7) is 13.2. The molecule has 1 heteroatoms. The molecule has 3 rings (SSSR count). The van der Waals surface area contributed by atoms with Crippen molar-refractivity contribution in [1.29, 1.82) is 0 Å². The highest BCUT2D eigenvalue weighted by Crippen LogP contribution is 2.38. The van der Waals surface area contributed by atoms with Gasteiger partial charge in [-0.2, -0.15) is 0 Å². The third-order valence-corrected chi connectivity index (χ3v) is 4.50. The molecule has 0 bridgehead atoms. The summed E-state index contributed by atoms with van der Waals surface area (Å²) in [7, 11) is 0. The summed E-state index contributed by atoms with van der Waals surface area (Å²) in [5.74, 6) is 0.120. The molecule has 1 aliphatic carbocycles. The lowest BCUT2D eigenvalue weighted by Gasteiger charge is -2.27. The molecule has 0 heterocycles. The number of hydrogen-bond acceptors (Lipinski definition) is 1. The summed E-state index contributed by atoms with van der Waals surface area (Å²) < 4.78 is 0. The Kier molecular flexibility index (Phi) is 3.11. The van der Waals surface area contributed by atoms with Crippen LogP contribution in [0.5, 0.6) is 0 Å². The van der Waals surface area contributed by atoms with Crippen LogP contribution in [0.15, 0.2) is 30.3 Å². The van der Waals surface area contributed by atoms with Crippen molar-refractivity contribution in [1.82, 2.24) is 0 Å². The van der Waals surface area contributed by atoms with Gasteiger partial charge in [0, 0.05) is 10.9 Å². The zero-order valence-electron chi connectivity index (χ0n) is 14.4. The summed E-state index contributed by atoms with van der Waals surface area (Å²) in [6, 6.07) is 8.71. The Morgan fingerprint density at radius 3 is 2.09 bits per heavy atom. The monoisotopic (exact) mass is 292 g/mol. The van der Waals surface area contributed by atoms with Crippen molar-refractivity contribution >= 4 is 22.6 Å². The van der Waals surface area contributed by atoms with E-state index in [1.807, 2.05) is 6.08 Å². The maximum absolute atomic E-state index is 12.4. The smallest absolute Gasteiger partial charge is 0.186 e. The van der Waals surface area contributed by atoms with Crippen molar-refractivity contribution in [2.45, 2.75) is 52.4 Å². The number of ketones is 1. The zero-order chi connectivity index (χ0) is 16.3. The number of allylic oxidation sites excluding steroid dienone is 1. The molecule has 2 aromatic carbocycles. The number of carbonyl (C=O) groups is 1. The van der Waals surface area contributed by atoms with E-state index in [1.54, 1.807) is 6.08 Å². The maximum Gasteiger partial charge on any atom is 0.186 e. The van der Waals surface area contributed by atoms with Crippen molar-refractivity contribution in [2.24, 2.45) is 0 Å². The fourth-order valence-electron chi connectivity index (χ4n) is 3.20. The Morgan fingerprint density at radius 2 is 1.50 bits per heavy atom. The van der Waals surface area contributed by atoms with E-state index in [0.29, 0.717) is 0 Å². The van der Waals surface area contributed by atoms with Gasteiger partial charge in [-0.3, -0.25) is 4.79 Å².